The van der Waals surface area contributed by atoms with Crippen LogP contribution < -0.4 is 0 Å². The van der Waals surface area contributed by atoms with Crippen LogP contribution in [0.1, 0.15) is 23.2 Å². The molecule has 1 aromatic heterocycles. The first kappa shape index (κ1) is 13.6. The summed E-state index contributed by atoms with van der Waals surface area (Å²) in [7, 11) is 0. The molecule has 0 radical (unpaired) electrons. The van der Waals surface area contributed by atoms with Crippen LogP contribution in [0.5, 0.6) is 0 Å². The van der Waals surface area contributed by atoms with Gasteiger partial charge in [-0.1, -0.05) is 28.1 Å². The number of benzene rings is 1. The summed E-state index contributed by atoms with van der Waals surface area (Å²) in [6, 6.07) is 9.63. The quantitative estimate of drug-likeness (QED) is 0.806. The topological polar surface area (TPSA) is 33.2 Å². The van der Waals surface area contributed by atoms with Crippen LogP contribution in [0.25, 0.3) is 10.9 Å². The molecule has 0 N–H and O–H groups in total. The molecule has 0 spiro atoms. The van der Waals surface area contributed by atoms with Crippen molar-refractivity contribution in [1.29, 1.82) is 0 Å². The van der Waals surface area contributed by atoms with Crippen LogP contribution in [0.15, 0.2) is 36.5 Å². The van der Waals surface area contributed by atoms with E-state index in [4.69, 9.17) is 0 Å². The van der Waals surface area contributed by atoms with Gasteiger partial charge in [0, 0.05) is 35.6 Å². The molecule has 0 saturated carbocycles. The lowest BCUT2D eigenvalue weighted by atomic mass is 10.1. The van der Waals surface area contributed by atoms with E-state index < -0.39 is 0 Å². The standard InChI is InChI=1S/C16H17BrN2O/c17-8-6-12-7-10-19(11-12)16(20)14-3-1-5-15-13(14)4-2-9-18-15/h1-5,9,12H,6-8,10-11H2. The summed E-state index contributed by atoms with van der Waals surface area (Å²) in [6.45, 7) is 1.74. The highest BCUT2D eigenvalue weighted by Gasteiger charge is 2.27. The highest BCUT2D eigenvalue weighted by atomic mass is 79.9. The number of carbonyl (C=O) groups is 1. The number of fused-ring (bicyclic) bond motifs is 1. The molecule has 1 saturated heterocycles. The molecule has 104 valence electrons. The van der Waals surface area contributed by atoms with E-state index >= 15 is 0 Å². The van der Waals surface area contributed by atoms with Gasteiger partial charge in [0.1, 0.15) is 0 Å². The zero-order valence-electron chi connectivity index (χ0n) is 11.3. The summed E-state index contributed by atoms with van der Waals surface area (Å²) in [5.74, 6) is 0.770. The number of aromatic nitrogens is 1. The van der Waals surface area contributed by atoms with Gasteiger partial charge in [-0.15, -0.1) is 0 Å². The fourth-order valence-corrected chi connectivity index (χ4v) is 3.51. The predicted octanol–water partition coefficient (Wildman–Crippen LogP) is 3.48. The third-order valence-electron chi connectivity index (χ3n) is 3.97. The number of alkyl halides is 1. The van der Waals surface area contributed by atoms with E-state index in [1.54, 1.807) is 6.20 Å². The van der Waals surface area contributed by atoms with Crippen LogP contribution in [0.4, 0.5) is 0 Å². The number of likely N-dealkylation sites (tertiary alicyclic amines) is 1. The molecule has 1 aliphatic rings. The lowest BCUT2D eigenvalue weighted by molar-refractivity contribution is 0.0789. The number of nitrogens with zero attached hydrogens (tertiary/aromatic N) is 2. The third kappa shape index (κ3) is 2.57. The molecule has 1 aromatic carbocycles. The van der Waals surface area contributed by atoms with Crippen molar-refractivity contribution in [2.24, 2.45) is 5.92 Å². The van der Waals surface area contributed by atoms with Crippen molar-refractivity contribution in [2.75, 3.05) is 18.4 Å². The highest BCUT2D eigenvalue weighted by molar-refractivity contribution is 9.09. The molecule has 4 heteroatoms. The van der Waals surface area contributed by atoms with Crippen molar-refractivity contribution >= 4 is 32.7 Å². The van der Waals surface area contributed by atoms with Gasteiger partial charge in [0.25, 0.3) is 5.91 Å². The zero-order chi connectivity index (χ0) is 13.9. The Bertz CT molecular complexity index is 623. The van der Waals surface area contributed by atoms with Crippen molar-refractivity contribution in [3.8, 4) is 0 Å². The molecular formula is C16H17BrN2O. The minimum absolute atomic E-state index is 0.140. The van der Waals surface area contributed by atoms with Crippen LogP contribution >= 0.6 is 15.9 Å². The lowest BCUT2D eigenvalue weighted by Crippen LogP contribution is -2.28. The second-order valence-corrected chi connectivity index (χ2v) is 6.05. The number of pyridine rings is 1. The smallest absolute Gasteiger partial charge is 0.254 e. The molecule has 0 bridgehead atoms. The number of amides is 1. The largest absolute Gasteiger partial charge is 0.338 e. The predicted molar refractivity (Wildman–Crippen MR) is 84.2 cm³/mol. The van der Waals surface area contributed by atoms with Gasteiger partial charge in [0.15, 0.2) is 0 Å². The van der Waals surface area contributed by atoms with E-state index in [0.717, 1.165) is 47.7 Å². The zero-order valence-corrected chi connectivity index (χ0v) is 12.8. The van der Waals surface area contributed by atoms with Crippen LogP contribution in [0.3, 0.4) is 0 Å². The summed E-state index contributed by atoms with van der Waals surface area (Å²) in [6.07, 6.45) is 4.01. The summed E-state index contributed by atoms with van der Waals surface area (Å²) in [4.78, 5) is 19.0. The van der Waals surface area contributed by atoms with Gasteiger partial charge in [-0.2, -0.15) is 0 Å². The van der Waals surface area contributed by atoms with Crippen molar-refractivity contribution in [3.05, 3.63) is 42.1 Å². The molecule has 1 amide bonds. The molecule has 3 rings (SSSR count). The average Bonchev–Trinajstić information content (AvgIpc) is 2.95. The molecule has 20 heavy (non-hydrogen) atoms. The fraction of sp³-hybridized carbons (Fsp3) is 0.375. The van der Waals surface area contributed by atoms with Gasteiger partial charge in [-0.3, -0.25) is 9.78 Å². The molecule has 2 heterocycles. The maximum atomic E-state index is 12.7. The van der Waals surface area contributed by atoms with Crippen LogP contribution in [0.2, 0.25) is 0 Å². The van der Waals surface area contributed by atoms with Crippen molar-refractivity contribution in [2.45, 2.75) is 12.8 Å². The van der Waals surface area contributed by atoms with E-state index in [1.165, 1.54) is 0 Å². The SMILES string of the molecule is O=C(c1cccc2ncccc12)N1CCC(CCBr)C1. The highest BCUT2D eigenvalue weighted by Crippen LogP contribution is 2.24. The van der Waals surface area contributed by atoms with Gasteiger partial charge in [-0.25, -0.2) is 0 Å². The van der Waals surface area contributed by atoms with Crippen LogP contribution in [0, 0.1) is 5.92 Å². The van der Waals surface area contributed by atoms with E-state index in [2.05, 4.69) is 20.9 Å². The second-order valence-electron chi connectivity index (χ2n) is 5.26. The first-order valence-electron chi connectivity index (χ1n) is 6.98. The summed E-state index contributed by atoms with van der Waals surface area (Å²) >= 11 is 3.48. The van der Waals surface area contributed by atoms with Crippen molar-refractivity contribution in [1.82, 2.24) is 9.88 Å². The molecule has 1 fully saturated rings. The number of hydrogen-bond acceptors (Lipinski definition) is 2. The molecule has 1 aliphatic heterocycles. The molecule has 0 aliphatic carbocycles. The summed E-state index contributed by atoms with van der Waals surface area (Å²) in [5.41, 5.74) is 1.66. The minimum Gasteiger partial charge on any atom is -0.338 e. The Balaban J connectivity index is 1.86. The molecule has 1 atom stereocenters. The Morgan fingerprint density at radius 2 is 2.25 bits per heavy atom. The first-order chi connectivity index (χ1) is 9.79. The monoisotopic (exact) mass is 332 g/mol. The number of carbonyl (C=O) groups excluding carboxylic acids is 1. The summed E-state index contributed by atoms with van der Waals surface area (Å²) < 4.78 is 0. The fourth-order valence-electron chi connectivity index (χ4n) is 2.87. The molecule has 2 aromatic rings. The van der Waals surface area contributed by atoms with Gasteiger partial charge in [0.05, 0.1) is 5.52 Å². The van der Waals surface area contributed by atoms with Crippen molar-refractivity contribution < 1.29 is 4.79 Å². The van der Waals surface area contributed by atoms with Gasteiger partial charge >= 0.3 is 0 Å². The Kier molecular flexibility index (Phi) is 4.01. The van der Waals surface area contributed by atoms with E-state index in [-0.39, 0.29) is 5.91 Å². The summed E-state index contributed by atoms with van der Waals surface area (Å²) in [5, 5.41) is 1.96. The third-order valence-corrected chi connectivity index (χ3v) is 4.42. The maximum Gasteiger partial charge on any atom is 0.254 e. The molecule has 1 unspecified atom stereocenters. The van der Waals surface area contributed by atoms with E-state index in [9.17, 15) is 4.79 Å². The molecule has 3 nitrogen and oxygen atoms in total. The van der Waals surface area contributed by atoms with Gasteiger partial charge in [-0.05, 0) is 37.0 Å². The number of hydrogen-bond donors (Lipinski definition) is 0. The average molecular weight is 333 g/mol. The Hall–Kier alpha value is -1.42. The van der Waals surface area contributed by atoms with Crippen molar-refractivity contribution in [3.63, 3.8) is 0 Å². The van der Waals surface area contributed by atoms with E-state index in [1.807, 2.05) is 35.2 Å². The normalized spacial score (nSPS) is 18.6. The number of rotatable bonds is 3. The first-order valence-corrected chi connectivity index (χ1v) is 8.10. The van der Waals surface area contributed by atoms with E-state index in [0.29, 0.717) is 5.92 Å². The number of halogens is 1. The van der Waals surface area contributed by atoms with Gasteiger partial charge < -0.3 is 4.90 Å². The van der Waals surface area contributed by atoms with Crippen LogP contribution in [-0.2, 0) is 0 Å². The Morgan fingerprint density at radius 1 is 1.35 bits per heavy atom. The Morgan fingerprint density at radius 3 is 3.10 bits per heavy atom. The van der Waals surface area contributed by atoms with Gasteiger partial charge in [0.2, 0.25) is 0 Å². The maximum absolute atomic E-state index is 12.7. The second kappa shape index (κ2) is 5.92. The Labute approximate surface area is 127 Å². The van der Waals surface area contributed by atoms with Crippen LogP contribution in [-0.4, -0.2) is 34.2 Å². The minimum atomic E-state index is 0.140. The lowest BCUT2D eigenvalue weighted by Gasteiger charge is -2.17. The molecular weight excluding hydrogens is 316 g/mol.